The predicted molar refractivity (Wildman–Crippen MR) is 109 cm³/mol. The molecule has 5 nitrogen and oxygen atoms in total. The van der Waals surface area contributed by atoms with Gasteiger partial charge >= 0.3 is 0 Å². The van der Waals surface area contributed by atoms with Crippen molar-refractivity contribution in [3.8, 4) is 5.75 Å². The molecule has 144 valence electrons. The molecule has 1 aliphatic rings. The Hall–Kier alpha value is -2.08. The molecule has 6 heteroatoms. The van der Waals surface area contributed by atoms with E-state index >= 15 is 0 Å². The topological polar surface area (TPSA) is 44.8 Å². The Labute approximate surface area is 165 Å². The van der Waals surface area contributed by atoms with E-state index in [1.807, 2.05) is 6.07 Å². The lowest BCUT2D eigenvalue weighted by Gasteiger charge is -2.34. The van der Waals surface area contributed by atoms with Crippen LogP contribution in [0.3, 0.4) is 0 Å². The Morgan fingerprint density at radius 3 is 2.44 bits per heavy atom. The monoisotopic (exact) mass is 387 g/mol. The summed E-state index contributed by atoms with van der Waals surface area (Å²) in [5.41, 5.74) is 2.04. The van der Waals surface area contributed by atoms with Crippen LogP contribution in [-0.4, -0.2) is 55.5 Å². The van der Waals surface area contributed by atoms with Gasteiger partial charge in [-0.05, 0) is 23.8 Å². The van der Waals surface area contributed by atoms with Gasteiger partial charge in [-0.25, -0.2) is 0 Å². The fraction of sp³-hybridized carbons (Fsp3) is 0.381. The number of benzene rings is 2. The van der Waals surface area contributed by atoms with Gasteiger partial charge in [0.25, 0.3) is 0 Å². The number of nitrogens with one attached hydrogen (secondary N) is 1. The van der Waals surface area contributed by atoms with Crippen molar-refractivity contribution in [2.24, 2.45) is 0 Å². The van der Waals surface area contributed by atoms with E-state index in [0.717, 1.165) is 39.3 Å². The van der Waals surface area contributed by atoms with E-state index < -0.39 is 0 Å². The quantitative estimate of drug-likeness (QED) is 0.789. The number of carbonyl (C=O) groups excluding carboxylic acids is 1. The Morgan fingerprint density at radius 2 is 1.78 bits per heavy atom. The smallest absolute Gasteiger partial charge is 0.225 e. The summed E-state index contributed by atoms with van der Waals surface area (Å²) in [6.07, 6.45) is 0.475. The van der Waals surface area contributed by atoms with Gasteiger partial charge in [0.2, 0.25) is 5.91 Å². The van der Waals surface area contributed by atoms with Gasteiger partial charge in [0.1, 0.15) is 5.75 Å². The lowest BCUT2D eigenvalue weighted by atomic mass is 10.2. The second-order valence-electron chi connectivity index (χ2n) is 6.75. The second-order valence-corrected chi connectivity index (χ2v) is 7.16. The van der Waals surface area contributed by atoms with E-state index in [1.54, 1.807) is 25.3 Å². The first-order valence-electron chi connectivity index (χ1n) is 9.26. The van der Waals surface area contributed by atoms with Crippen LogP contribution in [-0.2, 0) is 11.3 Å². The first kappa shape index (κ1) is 19.7. The summed E-state index contributed by atoms with van der Waals surface area (Å²) in [5.74, 6) is 0.603. The third-order valence-corrected chi connectivity index (χ3v) is 5.10. The zero-order valence-electron chi connectivity index (χ0n) is 15.7. The number of carbonyl (C=O) groups is 1. The van der Waals surface area contributed by atoms with Gasteiger partial charge in [-0.3, -0.25) is 9.69 Å². The van der Waals surface area contributed by atoms with E-state index in [-0.39, 0.29) is 5.91 Å². The van der Waals surface area contributed by atoms with E-state index in [9.17, 15) is 4.79 Å². The predicted octanol–water partition coefficient (Wildman–Crippen LogP) is 3.50. The van der Waals surface area contributed by atoms with Crippen molar-refractivity contribution in [1.82, 2.24) is 9.80 Å². The molecule has 0 spiro atoms. The maximum Gasteiger partial charge on any atom is 0.225 e. The zero-order chi connectivity index (χ0) is 19.1. The van der Waals surface area contributed by atoms with Crippen LogP contribution in [0, 0.1) is 0 Å². The number of methoxy groups -OCH3 is 1. The van der Waals surface area contributed by atoms with Crippen molar-refractivity contribution in [2.75, 3.05) is 45.2 Å². The van der Waals surface area contributed by atoms with Crippen LogP contribution in [0.2, 0.25) is 5.02 Å². The first-order valence-corrected chi connectivity index (χ1v) is 9.64. The first-order chi connectivity index (χ1) is 13.1. The number of hydrogen-bond acceptors (Lipinski definition) is 4. The minimum Gasteiger partial charge on any atom is -0.495 e. The van der Waals surface area contributed by atoms with E-state index in [4.69, 9.17) is 16.3 Å². The van der Waals surface area contributed by atoms with Gasteiger partial charge in [0.05, 0.1) is 12.1 Å². The number of nitrogens with zero attached hydrogens (tertiary/aromatic N) is 2. The summed E-state index contributed by atoms with van der Waals surface area (Å²) in [5, 5.41) is 3.39. The van der Waals surface area contributed by atoms with Crippen molar-refractivity contribution in [1.29, 1.82) is 0 Å². The standard InChI is InChI=1S/C21H26ClN3O2/c1-27-20-8-7-18(15-19(20)22)23-21(26)9-10-24-11-13-25(14-12-24)16-17-5-3-2-4-6-17/h2-8,15H,9-14,16H2,1H3,(H,23,26). The van der Waals surface area contributed by atoms with Crippen LogP contribution in [0.5, 0.6) is 5.75 Å². The molecule has 2 aromatic rings. The highest BCUT2D eigenvalue weighted by molar-refractivity contribution is 6.32. The van der Waals surface area contributed by atoms with Crippen LogP contribution < -0.4 is 10.1 Å². The summed E-state index contributed by atoms with van der Waals surface area (Å²) >= 11 is 6.09. The molecule has 0 aliphatic carbocycles. The van der Waals surface area contributed by atoms with E-state index in [2.05, 4.69) is 39.4 Å². The number of amides is 1. The SMILES string of the molecule is COc1ccc(NC(=O)CCN2CCN(Cc3ccccc3)CC2)cc1Cl. The largest absolute Gasteiger partial charge is 0.495 e. The summed E-state index contributed by atoms with van der Waals surface area (Å²) in [4.78, 5) is 17.0. The number of hydrogen-bond donors (Lipinski definition) is 1. The van der Waals surface area contributed by atoms with Gasteiger partial charge in [-0.1, -0.05) is 41.9 Å². The molecule has 27 heavy (non-hydrogen) atoms. The molecule has 1 N–H and O–H groups in total. The fourth-order valence-electron chi connectivity index (χ4n) is 3.24. The second kappa shape index (κ2) is 9.74. The van der Waals surface area contributed by atoms with Crippen molar-refractivity contribution in [3.05, 3.63) is 59.1 Å². The van der Waals surface area contributed by atoms with Gasteiger partial charge in [-0.15, -0.1) is 0 Å². The van der Waals surface area contributed by atoms with Gasteiger partial charge in [-0.2, -0.15) is 0 Å². The van der Waals surface area contributed by atoms with Crippen LogP contribution in [0.1, 0.15) is 12.0 Å². The lowest BCUT2D eigenvalue weighted by Crippen LogP contribution is -2.46. The Bertz CT molecular complexity index is 746. The highest BCUT2D eigenvalue weighted by Crippen LogP contribution is 2.27. The maximum atomic E-state index is 12.2. The molecule has 3 rings (SSSR count). The van der Waals surface area contributed by atoms with Crippen LogP contribution in [0.15, 0.2) is 48.5 Å². The number of rotatable bonds is 7. The van der Waals surface area contributed by atoms with E-state index in [1.165, 1.54) is 5.56 Å². The molecule has 1 aliphatic heterocycles. The molecular formula is C21H26ClN3O2. The molecule has 0 radical (unpaired) electrons. The van der Waals surface area contributed by atoms with Crippen molar-refractivity contribution >= 4 is 23.2 Å². The maximum absolute atomic E-state index is 12.2. The van der Waals surface area contributed by atoms with Crippen molar-refractivity contribution < 1.29 is 9.53 Å². The normalized spacial score (nSPS) is 15.5. The van der Waals surface area contributed by atoms with Crippen LogP contribution >= 0.6 is 11.6 Å². The molecule has 0 atom stereocenters. The highest BCUT2D eigenvalue weighted by Gasteiger charge is 2.17. The Balaban J connectivity index is 1.38. The van der Waals surface area contributed by atoms with Crippen LogP contribution in [0.25, 0.3) is 0 Å². The highest BCUT2D eigenvalue weighted by atomic mass is 35.5. The molecule has 1 amide bonds. The molecule has 1 saturated heterocycles. The summed E-state index contributed by atoms with van der Waals surface area (Å²) < 4.78 is 5.12. The number of piperazine rings is 1. The Morgan fingerprint density at radius 1 is 1.07 bits per heavy atom. The molecule has 0 aromatic heterocycles. The summed E-state index contributed by atoms with van der Waals surface area (Å²) in [6, 6.07) is 15.8. The average Bonchev–Trinajstić information content (AvgIpc) is 2.68. The molecule has 0 saturated carbocycles. The zero-order valence-corrected chi connectivity index (χ0v) is 16.4. The van der Waals surface area contributed by atoms with Crippen molar-refractivity contribution in [2.45, 2.75) is 13.0 Å². The van der Waals surface area contributed by atoms with Gasteiger partial charge in [0.15, 0.2) is 0 Å². The van der Waals surface area contributed by atoms with E-state index in [0.29, 0.717) is 22.9 Å². The third-order valence-electron chi connectivity index (χ3n) is 4.80. The minimum absolute atomic E-state index is 0.00273. The number of ether oxygens (including phenoxy) is 1. The molecule has 0 unspecified atom stereocenters. The molecule has 1 fully saturated rings. The molecule has 2 aromatic carbocycles. The Kier molecular flexibility index (Phi) is 7.10. The molecule has 1 heterocycles. The number of anilines is 1. The summed E-state index contributed by atoms with van der Waals surface area (Å²) in [6.45, 7) is 5.82. The lowest BCUT2D eigenvalue weighted by molar-refractivity contribution is -0.116. The van der Waals surface area contributed by atoms with Gasteiger partial charge in [0, 0.05) is 51.4 Å². The average molecular weight is 388 g/mol. The van der Waals surface area contributed by atoms with Gasteiger partial charge < -0.3 is 15.0 Å². The third kappa shape index (κ3) is 5.96. The number of halogens is 1. The van der Waals surface area contributed by atoms with Crippen LogP contribution in [0.4, 0.5) is 5.69 Å². The molecule has 0 bridgehead atoms. The van der Waals surface area contributed by atoms with Crippen molar-refractivity contribution in [3.63, 3.8) is 0 Å². The molecular weight excluding hydrogens is 362 g/mol. The minimum atomic E-state index is 0.00273. The summed E-state index contributed by atoms with van der Waals surface area (Å²) in [7, 11) is 1.57. The fourth-order valence-corrected chi connectivity index (χ4v) is 3.50.